The van der Waals surface area contributed by atoms with Crippen molar-refractivity contribution in [2.45, 2.75) is 104 Å². The molecule has 4 aliphatic carbocycles. The van der Waals surface area contributed by atoms with E-state index in [-0.39, 0.29) is 41.3 Å². The first-order valence-corrected chi connectivity index (χ1v) is 15.2. The van der Waals surface area contributed by atoms with E-state index in [4.69, 9.17) is 28.3 Å². The molecule has 0 spiro atoms. The second kappa shape index (κ2) is 11.6. The Labute approximate surface area is 237 Å². The van der Waals surface area contributed by atoms with Gasteiger partial charge in [0.25, 0.3) is 0 Å². The molecule has 4 aliphatic rings. The maximum Gasteiger partial charge on any atom is 0.303 e. The minimum absolute atomic E-state index is 0.0957. The standard InChI is InChI=1S/C24H40O5.C7H6Cl2/c1-13(4-7-21(28)29)16-5-6-17-22-18(12-20(27)24(16,17)3)23(2)9-8-15(25)10-14(23)11-19(22)26;1-5-2-3-6(8)7(9)4-5/h13-20,22,25-27H,4-12H2,1-3H3,(H,28,29);2-4H,1H3/t13-,14+,15-,16-,17+,18+,19-,20+,22+,23+,24-;/m1./s1. The van der Waals surface area contributed by atoms with Crippen LogP contribution in [0, 0.1) is 53.3 Å². The second-order valence-electron chi connectivity index (χ2n) is 13.4. The zero-order valence-electron chi connectivity index (χ0n) is 23.2. The third kappa shape index (κ3) is 5.52. The smallest absolute Gasteiger partial charge is 0.303 e. The topological polar surface area (TPSA) is 98.0 Å². The highest BCUT2D eigenvalue weighted by molar-refractivity contribution is 6.42. The molecule has 1 aromatic carbocycles. The molecule has 0 bridgehead atoms. The number of hydrogen-bond donors (Lipinski definition) is 4. The van der Waals surface area contributed by atoms with Crippen molar-refractivity contribution in [1.29, 1.82) is 0 Å². The van der Waals surface area contributed by atoms with Crippen LogP contribution >= 0.6 is 23.2 Å². The van der Waals surface area contributed by atoms with Crippen molar-refractivity contribution in [3.63, 3.8) is 0 Å². The number of fused-ring (bicyclic) bond motifs is 5. The molecule has 0 unspecified atom stereocenters. The van der Waals surface area contributed by atoms with Crippen molar-refractivity contribution in [1.82, 2.24) is 0 Å². The van der Waals surface area contributed by atoms with E-state index in [1.165, 1.54) is 0 Å². The fourth-order valence-electron chi connectivity index (χ4n) is 9.29. The van der Waals surface area contributed by atoms with Crippen molar-refractivity contribution in [3.8, 4) is 0 Å². The molecule has 0 radical (unpaired) electrons. The van der Waals surface area contributed by atoms with E-state index >= 15 is 0 Å². The van der Waals surface area contributed by atoms with Crippen LogP contribution in [0.4, 0.5) is 0 Å². The summed E-state index contributed by atoms with van der Waals surface area (Å²) >= 11 is 11.3. The van der Waals surface area contributed by atoms with Gasteiger partial charge in [-0.3, -0.25) is 4.79 Å². The van der Waals surface area contributed by atoms with E-state index in [9.17, 15) is 20.1 Å². The van der Waals surface area contributed by atoms with Gasteiger partial charge in [0.15, 0.2) is 0 Å². The molecule has 214 valence electrons. The van der Waals surface area contributed by atoms with Gasteiger partial charge in [0.1, 0.15) is 0 Å². The van der Waals surface area contributed by atoms with Crippen molar-refractivity contribution in [2.75, 3.05) is 0 Å². The van der Waals surface area contributed by atoms with Crippen LogP contribution in [0.3, 0.4) is 0 Å². The largest absolute Gasteiger partial charge is 0.481 e. The molecule has 0 saturated heterocycles. The van der Waals surface area contributed by atoms with E-state index in [0.29, 0.717) is 40.1 Å². The molecule has 0 aromatic heterocycles. The van der Waals surface area contributed by atoms with Crippen LogP contribution in [0.2, 0.25) is 10.0 Å². The van der Waals surface area contributed by atoms with Gasteiger partial charge in [0.2, 0.25) is 0 Å². The summed E-state index contributed by atoms with van der Waals surface area (Å²) in [6, 6.07) is 5.55. The third-order valence-electron chi connectivity index (χ3n) is 11.4. The first-order chi connectivity index (χ1) is 17.8. The molecule has 5 nitrogen and oxygen atoms in total. The molecule has 11 atom stereocenters. The van der Waals surface area contributed by atoms with Gasteiger partial charge in [-0.2, -0.15) is 0 Å². The van der Waals surface area contributed by atoms with Gasteiger partial charge >= 0.3 is 5.97 Å². The maximum atomic E-state index is 11.5. The number of benzene rings is 1. The number of carboxylic acids is 1. The highest BCUT2D eigenvalue weighted by Crippen LogP contribution is 2.68. The van der Waals surface area contributed by atoms with Gasteiger partial charge in [-0.1, -0.05) is 50.0 Å². The van der Waals surface area contributed by atoms with Crippen LogP contribution in [0.5, 0.6) is 0 Å². The average Bonchev–Trinajstić information content (AvgIpc) is 3.21. The summed E-state index contributed by atoms with van der Waals surface area (Å²) in [7, 11) is 0. The maximum absolute atomic E-state index is 11.5. The van der Waals surface area contributed by atoms with Crippen LogP contribution in [-0.4, -0.2) is 44.7 Å². The number of carbonyl (C=O) groups is 1. The summed E-state index contributed by atoms with van der Waals surface area (Å²) in [6.45, 7) is 8.70. The normalized spacial score (nSPS) is 42.7. The molecule has 0 aliphatic heterocycles. The van der Waals surface area contributed by atoms with Gasteiger partial charge in [-0.15, -0.1) is 0 Å². The van der Waals surface area contributed by atoms with Crippen LogP contribution in [0.25, 0.3) is 0 Å². The minimum atomic E-state index is -0.748. The SMILES string of the molecule is C[C@H](CCC(=O)O)[C@H]1CC[C@H]2[C@@H]3[C@H](O)C[C@@H]4C[C@H](O)CC[C@]4(C)[C@H]3C[C@H](O)[C@]12C.Cc1ccc(Cl)c(Cl)c1. The van der Waals surface area contributed by atoms with E-state index < -0.39 is 12.1 Å². The zero-order valence-corrected chi connectivity index (χ0v) is 24.8. The number of aliphatic carboxylic acids is 1. The molecule has 0 amide bonds. The number of halogens is 2. The Hall–Kier alpha value is -0.850. The quantitative estimate of drug-likeness (QED) is 0.322. The lowest BCUT2D eigenvalue weighted by Crippen LogP contribution is -2.62. The molecule has 4 N–H and O–H groups in total. The van der Waals surface area contributed by atoms with E-state index in [1.54, 1.807) is 6.07 Å². The van der Waals surface area contributed by atoms with Crippen molar-refractivity contribution in [2.24, 2.45) is 46.3 Å². The summed E-state index contributed by atoms with van der Waals surface area (Å²) in [5.41, 5.74) is 0.986. The second-order valence-corrected chi connectivity index (χ2v) is 14.2. The van der Waals surface area contributed by atoms with Crippen LogP contribution < -0.4 is 0 Å². The van der Waals surface area contributed by atoms with Crippen molar-refractivity contribution in [3.05, 3.63) is 33.8 Å². The lowest BCUT2D eigenvalue weighted by Gasteiger charge is -2.63. The van der Waals surface area contributed by atoms with Gasteiger partial charge in [0, 0.05) is 6.42 Å². The summed E-state index contributed by atoms with van der Waals surface area (Å²) in [5.74, 6) is 0.997. The minimum Gasteiger partial charge on any atom is -0.481 e. The number of carboxylic acid groups (broad SMARTS) is 1. The number of hydrogen-bond acceptors (Lipinski definition) is 4. The fraction of sp³-hybridized carbons (Fsp3) is 0.774. The highest BCUT2D eigenvalue weighted by Gasteiger charge is 2.65. The molecule has 7 heteroatoms. The molecule has 5 rings (SSSR count). The summed E-state index contributed by atoms with van der Waals surface area (Å²) in [5, 5.41) is 43.3. The molecule has 0 heterocycles. The van der Waals surface area contributed by atoms with Gasteiger partial charge in [-0.25, -0.2) is 0 Å². The molecular formula is C31H46Cl2O5. The lowest BCUT2D eigenvalue weighted by atomic mass is 9.43. The van der Waals surface area contributed by atoms with E-state index in [0.717, 1.165) is 50.5 Å². The Morgan fingerprint density at radius 1 is 1.03 bits per heavy atom. The molecular weight excluding hydrogens is 523 g/mol. The van der Waals surface area contributed by atoms with Crippen molar-refractivity contribution < 1.29 is 25.2 Å². The van der Waals surface area contributed by atoms with E-state index in [2.05, 4.69) is 20.8 Å². The van der Waals surface area contributed by atoms with Crippen LogP contribution in [-0.2, 0) is 4.79 Å². The van der Waals surface area contributed by atoms with E-state index in [1.807, 2.05) is 19.1 Å². The Morgan fingerprint density at radius 3 is 2.37 bits per heavy atom. The van der Waals surface area contributed by atoms with Crippen molar-refractivity contribution >= 4 is 29.2 Å². The Kier molecular flexibility index (Phi) is 9.16. The number of aliphatic hydroxyl groups excluding tert-OH is 3. The first kappa shape index (κ1) is 30.1. The predicted molar refractivity (Wildman–Crippen MR) is 151 cm³/mol. The lowest BCUT2D eigenvalue weighted by molar-refractivity contribution is -0.207. The Morgan fingerprint density at radius 2 is 1.74 bits per heavy atom. The Balaban J connectivity index is 0.000000317. The van der Waals surface area contributed by atoms with Crippen LogP contribution in [0.1, 0.15) is 84.1 Å². The molecule has 1 aromatic rings. The fourth-order valence-corrected chi connectivity index (χ4v) is 9.64. The van der Waals surface area contributed by atoms with Gasteiger partial charge in [-0.05, 0) is 122 Å². The summed E-state index contributed by atoms with van der Waals surface area (Å²) in [4.78, 5) is 11.1. The summed E-state index contributed by atoms with van der Waals surface area (Å²) in [6.07, 6.45) is 6.00. The molecule has 4 saturated carbocycles. The number of aryl methyl sites for hydroxylation is 1. The van der Waals surface area contributed by atoms with Crippen LogP contribution in [0.15, 0.2) is 18.2 Å². The predicted octanol–water partition coefficient (Wildman–Crippen LogP) is 6.75. The van der Waals surface area contributed by atoms with Gasteiger partial charge < -0.3 is 20.4 Å². The monoisotopic (exact) mass is 568 g/mol. The third-order valence-corrected chi connectivity index (χ3v) is 12.1. The highest BCUT2D eigenvalue weighted by atomic mass is 35.5. The van der Waals surface area contributed by atoms with Gasteiger partial charge in [0.05, 0.1) is 28.4 Å². The summed E-state index contributed by atoms with van der Waals surface area (Å²) < 4.78 is 0. The first-order valence-electron chi connectivity index (χ1n) is 14.5. The molecule has 38 heavy (non-hydrogen) atoms. The number of aliphatic hydroxyl groups is 3. The Bertz CT molecular complexity index is 1000. The average molecular weight is 570 g/mol. The zero-order chi connectivity index (χ0) is 28.0. The number of rotatable bonds is 4. The molecule has 4 fully saturated rings.